The Hall–Kier alpha value is -3.00. The fourth-order valence-corrected chi connectivity index (χ4v) is 6.33. The van der Waals surface area contributed by atoms with Crippen LogP contribution in [-0.2, 0) is 14.3 Å². The van der Waals surface area contributed by atoms with Crippen LogP contribution in [0.4, 0.5) is 4.79 Å². The molecule has 0 saturated carbocycles. The molecule has 0 bridgehead atoms. The maximum Gasteiger partial charge on any atom is 0.407 e. The molecule has 1 fully saturated rings. The molecule has 8 heteroatoms. The minimum absolute atomic E-state index is 0.0817. The maximum absolute atomic E-state index is 13.5. The largest absolute Gasteiger partial charge is 0.480 e. The van der Waals surface area contributed by atoms with E-state index in [-0.39, 0.29) is 29.7 Å². The van der Waals surface area contributed by atoms with Crippen LogP contribution in [0.3, 0.4) is 0 Å². The van der Waals surface area contributed by atoms with Gasteiger partial charge >= 0.3 is 12.1 Å². The molecular weight excluding hydrogens is 464 g/mol. The van der Waals surface area contributed by atoms with Crippen LogP contribution in [0.1, 0.15) is 50.7 Å². The number of nitrogens with zero attached hydrogens (tertiary/aromatic N) is 1. The molecule has 7 nitrogen and oxygen atoms in total. The fourth-order valence-electron chi connectivity index (χ4n) is 4.97. The summed E-state index contributed by atoms with van der Waals surface area (Å²) in [5.74, 6) is -1.30. The highest BCUT2D eigenvalue weighted by molar-refractivity contribution is 8.00. The number of thioether (sulfide) groups is 1. The van der Waals surface area contributed by atoms with Crippen LogP contribution >= 0.6 is 11.8 Å². The molecule has 0 radical (unpaired) electrons. The molecule has 0 aromatic heterocycles. The SMILES string of the molecule is CCC(C)[C@H](NC(=O)OCC1c2ccccc2-c2ccccc21)C(=O)N1C(CC)SCC1C(=O)O. The number of ether oxygens (including phenoxy) is 1. The van der Waals surface area contributed by atoms with Gasteiger partial charge in [-0.3, -0.25) is 4.79 Å². The molecule has 4 rings (SSSR count). The number of rotatable bonds is 8. The zero-order valence-corrected chi connectivity index (χ0v) is 21.1. The third-order valence-corrected chi connectivity index (χ3v) is 8.53. The van der Waals surface area contributed by atoms with E-state index in [4.69, 9.17) is 4.74 Å². The van der Waals surface area contributed by atoms with Gasteiger partial charge in [0.1, 0.15) is 18.7 Å². The van der Waals surface area contributed by atoms with Gasteiger partial charge in [-0.2, -0.15) is 0 Å². The molecule has 1 heterocycles. The summed E-state index contributed by atoms with van der Waals surface area (Å²) >= 11 is 1.47. The number of alkyl carbamates (subject to hydrolysis) is 1. The normalized spacial score (nSPS) is 20.6. The van der Waals surface area contributed by atoms with Gasteiger partial charge in [-0.1, -0.05) is 75.7 Å². The molecule has 3 unspecified atom stereocenters. The van der Waals surface area contributed by atoms with Crippen LogP contribution in [0.5, 0.6) is 0 Å². The van der Waals surface area contributed by atoms with Gasteiger partial charge in [0.2, 0.25) is 5.91 Å². The van der Waals surface area contributed by atoms with Crippen molar-refractivity contribution >= 4 is 29.7 Å². The number of benzene rings is 2. The Bertz CT molecular complexity index is 1060. The predicted molar refractivity (Wildman–Crippen MR) is 136 cm³/mol. The second kappa shape index (κ2) is 10.7. The Kier molecular flexibility index (Phi) is 7.69. The molecule has 1 aliphatic heterocycles. The number of fused-ring (bicyclic) bond motifs is 3. The van der Waals surface area contributed by atoms with Crippen molar-refractivity contribution < 1.29 is 24.2 Å². The molecule has 2 N–H and O–H groups in total. The Morgan fingerprint density at radius 1 is 1.09 bits per heavy atom. The standard InChI is InChI=1S/C27H32N2O5S/c1-4-16(3)24(25(30)29-22(26(31)32)15-35-23(29)5-2)28-27(33)34-14-21-19-12-8-6-10-17(19)18-11-7-9-13-20(18)21/h6-13,16,21-24H,4-5,14-15H2,1-3H3,(H,28,33)(H,31,32)/t16?,22?,23?,24-/m0/s1. The number of aliphatic carboxylic acids is 1. The van der Waals surface area contributed by atoms with Crippen LogP contribution in [0, 0.1) is 5.92 Å². The quantitative estimate of drug-likeness (QED) is 0.550. The maximum atomic E-state index is 13.5. The lowest BCUT2D eigenvalue weighted by Crippen LogP contribution is -2.56. The fraction of sp³-hybridized carbons (Fsp3) is 0.444. The van der Waals surface area contributed by atoms with E-state index in [9.17, 15) is 19.5 Å². The molecule has 2 aromatic carbocycles. The molecule has 2 aromatic rings. The van der Waals surface area contributed by atoms with E-state index >= 15 is 0 Å². The summed E-state index contributed by atoms with van der Waals surface area (Å²) < 4.78 is 5.66. The van der Waals surface area contributed by atoms with Crippen molar-refractivity contribution in [1.29, 1.82) is 0 Å². The smallest absolute Gasteiger partial charge is 0.407 e. The second-order valence-electron chi connectivity index (χ2n) is 9.13. The Morgan fingerprint density at radius 3 is 2.23 bits per heavy atom. The van der Waals surface area contributed by atoms with E-state index in [1.54, 1.807) is 0 Å². The van der Waals surface area contributed by atoms with E-state index < -0.39 is 24.1 Å². The first-order valence-corrected chi connectivity index (χ1v) is 13.2. The third kappa shape index (κ3) is 4.89. The molecule has 35 heavy (non-hydrogen) atoms. The first kappa shape index (κ1) is 25.1. The van der Waals surface area contributed by atoms with E-state index in [1.165, 1.54) is 16.7 Å². The molecule has 186 valence electrons. The van der Waals surface area contributed by atoms with E-state index in [1.807, 2.05) is 45.0 Å². The predicted octanol–water partition coefficient (Wildman–Crippen LogP) is 4.70. The van der Waals surface area contributed by atoms with Crippen LogP contribution in [-0.4, -0.2) is 57.8 Å². The number of carboxylic acids is 1. The highest BCUT2D eigenvalue weighted by Gasteiger charge is 2.44. The van der Waals surface area contributed by atoms with Gasteiger partial charge in [-0.15, -0.1) is 11.8 Å². The lowest BCUT2D eigenvalue weighted by atomic mass is 9.97. The van der Waals surface area contributed by atoms with Crippen molar-refractivity contribution in [3.05, 3.63) is 59.7 Å². The summed E-state index contributed by atoms with van der Waals surface area (Å²) in [5, 5.41) is 12.2. The van der Waals surface area contributed by atoms with E-state index in [0.717, 1.165) is 22.3 Å². The number of hydrogen-bond acceptors (Lipinski definition) is 5. The lowest BCUT2D eigenvalue weighted by Gasteiger charge is -2.33. The Morgan fingerprint density at radius 2 is 1.69 bits per heavy atom. The van der Waals surface area contributed by atoms with Gasteiger partial charge < -0.3 is 20.1 Å². The van der Waals surface area contributed by atoms with Gasteiger partial charge in [-0.05, 0) is 34.6 Å². The molecule has 2 aliphatic rings. The number of carboxylic acid groups (broad SMARTS) is 1. The minimum atomic E-state index is -1.02. The number of carbonyl (C=O) groups excluding carboxylic acids is 2. The molecule has 4 atom stereocenters. The van der Waals surface area contributed by atoms with Crippen molar-refractivity contribution in [1.82, 2.24) is 10.2 Å². The summed E-state index contributed by atoms with van der Waals surface area (Å²) in [6.07, 6.45) is 0.616. The van der Waals surface area contributed by atoms with Crippen LogP contribution in [0.25, 0.3) is 11.1 Å². The van der Waals surface area contributed by atoms with Crippen molar-refractivity contribution in [2.24, 2.45) is 5.92 Å². The summed E-state index contributed by atoms with van der Waals surface area (Å²) in [7, 11) is 0. The van der Waals surface area contributed by atoms with Crippen LogP contribution in [0.2, 0.25) is 0 Å². The van der Waals surface area contributed by atoms with Gasteiger partial charge in [-0.25, -0.2) is 9.59 Å². The van der Waals surface area contributed by atoms with Crippen LogP contribution < -0.4 is 5.32 Å². The Balaban J connectivity index is 1.48. The number of amides is 2. The van der Waals surface area contributed by atoms with Crippen molar-refractivity contribution in [3.63, 3.8) is 0 Å². The zero-order chi connectivity index (χ0) is 25.1. The van der Waals surface area contributed by atoms with Gasteiger partial charge in [0.25, 0.3) is 0 Å². The van der Waals surface area contributed by atoms with Gasteiger partial charge in [0.15, 0.2) is 0 Å². The van der Waals surface area contributed by atoms with E-state index in [2.05, 4.69) is 29.6 Å². The molecular formula is C27H32N2O5S. The first-order valence-electron chi connectivity index (χ1n) is 12.1. The van der Waals surface area contributed by atoms with Crippen LogP contribution in [0.15, 0.2) is 48.5 Å². The van der Waals surface area contributed by atoms with Crippen molar-refractivity contribution in [2.45, 2.75) is 57.0 Å². The second-order valence-corrected chi connectivity index (χ2v) is 10.3. The summed E-state index contributed by atoms with van der Waals surface area (Å²) in [5.41, 5.74) is 4.50. The summed E-state index contributed by atoms with van der Waals surface area (Å²) in [6.45, 7) is 5.90. The lowest BCUT2D eigenvalue weighted by molar-refractivity contribution is -0.150. The average molecular weight is 497 g/mol. The molecule has 1 aliphatic carbocycles. The van der Waals surface area contributed by atoms with Gasteiger partial charge in [0.05, 0.1) is 5.37 Å². The third-order valence-electron chi connectivity index (χ3n) is 7.08. The number of carbonyl (C=O) groups is 3. The number of hydrogen-bond donors (Lipinski definition) is 2. The Labute approximate surface area is 210 Å². The molecule has 0 spiro atoms. The summed E-state index contributed by atoms with van der Waals surface area (Å²) in [6, 6.07) is 14.4. The first-order chi connectivity index (χ1) is 16.9. The summed E-state index contributed by atoms with van der Waals surface area (Å²) in [4.78, 5) is 39.7. The minimum Gasteiger partial charge on any atom is -0.480 e. The topological polar surface area (TPSA) is 95.9 Å². The van der Waals surface area contributed by atoms with Gasteiger partial charge in [0, 0.05) is 11.7 Å². The highest BCUT2D eigenvalue weighted by Crippen LogP contribution is 2.44. The van der Waals surface area contributed by atoms with E-state index in [0.29, 0.717) is 18.6 Å². The zero-order valence-electron chi connectivity index (χ0n) is 20.3. The van der Waals surface area contributed by atoms with Crippen molar-refractivity contribution in [2.75, 3.05) is 12.4 Å². The average Bonchev–Trinajstić information content (AvgIpc) is 3.45. The molecule has 2 amide bonds. The monoisotopic (exact) mass is 496 g/mol. The van der Waals surface area contributed by atoms with Crippen molar-refractivity contribution in [3.8, 4) is 11.1 Å². The molecule has 1 saturated heterocycles. The number of nitrogens with one attached hydrogen (secondary N) is 1. The highest BCUT2D eigenvalue weighted by atomic mass is 32.2.